The number of amides is 1. The Bertz CT molecular complexity index is 368. The molecule has 0 saturated carbocycles. The van der Waals surface area contributed by atoms with Crippen LogP contribution in [0.15, 0.2) is 24.3 Å². The summed E-state index contributed by atoms with van der Waals surface area (Å²) in [6, 6.07) is 7.28. The van der Waals surface area contributed by atoms with Gasteiger partial charge in [0.2, 0.25) is 5.91 Å². The Morgan fingerprint density at radius 3 is 2.44 bits per heavy atom. The smallest absolute Gasteiger partial charge is 0.239 e. The second-order valence-electron chi connectivity index (χ2n) is 4.15. The summed E-state index contributed by atoms with van der Waals surface area (Å²) in [7, 11) is 1.79. The molecule has 18 heavy (non-hydrogen) atoms. The summed E-state index contributed by atoms with van der Waals surface area (Å²) in [5.74, 6) is 0.00136. The van der Waals surface area contributed by atoms with E-state index in [0.29, 0.717) is 13.0 Å². The summed E-state index contributed by atoms with van der Waals surface area (Å²) in [4.78, 5) is 13.4. The molecular formula is C13H20Cl2N2O. The Balaban J connectivity index is 0.00000289. The van der Waals surface area contributed by atoms with Gasteiger partial charge in [-0.25, -0.2) is 0 Å². The molecule has 0 spiro atoms. The molecule has 0 fully saturated rings. The average Bonchev–Trinajstić information content (AvgIpc) is 2.35. The van der Waals surface area contributed by atoms with E-state index in [1.165, 1.54) is 5.56 Å². The lowest BCUT2D eigenvalue weighted by molar-refractivity contribution is -0.131. The topological polar surface area (TPSA) is 46.3 Å². The maximum Gasteiger partial charge on any atom is 0.239 e. The van der Waals surface area contributed by atoms with E-state index in [-0.39, 0.29) is 24.4 Å². The van der Waals surface area contributed by atoms with Gasteiger partial charge in [0.1, 0.15) is 0 Å². The molecule has 0 aromatic heterocycles. The summed E-state index contributed by atoms with van der Waals surface area (Å²) in [5.41, 5.74) is 6.86. The van der Waals surface area contributed by atoms with E-state index in [1.807, 2.05) is 31.2 Å². The van der Waals surface area contributed by atoms with Crippen molar-refractivity contribution in [2.75, 3.05) is 13.6 Å². The number of carbonyl (C=O) groups excluding carboxylic acids is 1. The van der Waals surface area contributed by atoms with Gasteiger partial charge in [0.15, 0.2) is 0 Å². The molecule has 0 radical (unpaired) electrons. The number of halogens is 2. The van der Waals surface area contributed by atoms with Crippen molar-refractivity contribution in [2.45, 2.75) is 25.8 Å². The molecule has 1 rings (SSSR count). The van der Waals surface area contributed by atoms with Crippen molar-refractivity contribution in [3.8, 4) is 0 Å². The number of likely N-dealkylation sites (N-methyl/N-ethyl adjacent to an activating group) is 1. The Hall–Kier alpha value is -0.770. The molecule has 1 aromatic carbocycles. The van der Waals surface area contributed by atoms with Crippen LogP contribution in [0.1, 0.15) is 18.9 Å². The molecule has 1 atom stereocenters. The number of rotatable bonds is 5. The standard InChI is InChI=1S/C13H19ClN2O.ClH/c1-3-12(15)13(17)16(2)9-8-10-4-6-11(14)7-5-10;/h4-7,12H,3,8-9,15H2,1-2H3;1H. The molecule has 0 aliphatic rings. The maximum atomic E-state index is 11.7. The number of benzene rings is 1. The lowest BCUT2D eigenvalue weighted by Crippen LogP contribution is -2.42. The highest BCUT2D eigenvalue weighted by Gasteiger charge is 2.15. The first-order chi connectivity index (χ1) is 8.04. The van der Waals surface area contributed by atoms with Gasteiger partial charge in [-0.05, 0) is 30.5 Å². The molecule has 1 amide bonds. The fourth-order valence-electron chi connectivity index (χ4n) is 1.52. The van der Waals surface area contributed by atoms with E-state index in [0.717, 1.165) is 11.4 Å². The number of nitrogens with two attached hydrogens (primary N) is 1. The Labute approximate surface area is 120 Å². The van der Waals surface area contributed by atoms with Crippen molar-refractivity contribution in [3.63, 3.8) is 0 Å². The van der Waals surface area contributed by atoms with E-state index in [2.05, 4.69) is 0 Å². The summed E-state index contributed by atoms with van der Waals surface area (Å²) in [6.45, 7) is 2.59. The first-order valence-electron chi connectivity index (χ1n) is 5.79. The zero-order valence-electron chi connectivity index (χ0n) is 10.7. The molecule has 0 aliphatic carbocycles. The van der Waals surface area contributed by atoms with Crippen molar-refractivity contribution < 1.29 is 4.79 Å². The summed E-state index contributed by atoms with van der Waals surface area (Å²) in [6.07, 6.45) is 1.49. The molecule has 2 N–H and O–H groups in total. The molecule has 0 bridgehead atoms. The predicted molar refractivity (Wildman–Crippen MR) is 78.3 cm³/mol. The summed E-state index contributed by atoms with van der Waals surface area (Å²) >= 11 is 5.80. The monoisotopic (exact) mass is 290 g/mol. The average molecular weight is 291 g/mol. The normalized spacial score (nSPS) is 11.6. The van der Waals surface area contributed by atoms with Crippen LogP contribution in [-0.2, 0) is 11.2 Å². The van der Waals surface area contributed by atoms with E-state index >= 15 is 0 Å². The van der Waals surface area contributed by atoms with E-state index in [1.54, 1.807) is 11.9 Å². The lowest BCUT2D eigenvalue weighted by Gasteiger charge is -2.20. The molecule has 5 heteroatoms. The van der Waals surface area contributed by atoms with Crippen LogP contribution in [0, 0.1) is 0 Å². The second-order valence-corrected chi connectivity index (χ2v) is 4.59. The van der Waals surface area contributed by atoms with Crippen LogP contribution in [-0.4, -0.2) is 30.4 Å². The minimum atomic E-state index is -0.384. The molecule has 0 aliphatic heterocycles. The Morgan fingerprint density at radius 1 is 1.39 bits per heavy atom. The van der Waals surface area contributed by atoms with E-state index in [4.69, 9.17) is 17.3 Å². The SMILES string of the molecule is CCC(N)C(=O)N(C)CCc1ccc(Cl)cc1.Cl. The highest BCUT2D eigenvalue weighted by Crippen LogP contribution is 2.10. The first kappa shape index (κ1) is 17.2. The highest BCUT2D eigenvalue weighted by molar-refractivity contribution is 6.30. The van der Waals surface area contributed by atoms with Gasteiger partial charge in [0.05, 0.1) is 6.04 Å². The van der Waals surface area contributed by atoms with Gasteiger partial charge in [0.25, 0.3) is 0 Å². The predicted octanol–water partition coefficient (Wildman–Crippen LogP) is 2.50. The van der Waals surface area contributed by atoms with Crippen LogP contribution in [0.4, 0.5) is 0 Å². The van der Waals surface area contributed by atoms with Gasteiger partial charge >= 0.3 is 0 Å². The van der Waals surface area contributed by atoms with E-state index < -0.39 is 0 Å². The van der Waals surface area contributed by atoms with Crippen molar-refractivity contribution in [2.24, 2.45) is 5.73 Å². The minimum absolute atomic E-state index is 0. The molecule has 1 aromatic rings. The van der Waals surface area contributed by atoms with Gasteiger partial charge in [-0.1, -0.05) is 30.7 Å². The quantitative estimate of drug-likeness (QED) is 0.906. The third-order valence-electron chi connectivity index (χ3n) is 2.78. The van der Waals surface area contributed by atoms with Crippen LogP contribution in [0.5, 0.6) is 0 Å². The summed E-state index contributed by atoms with van der Waals surface area (Å²) < 4.78 is 0. The third-order valence-corrected chi connectivity index (χ3v) is 3.03. The van der Waals surface area contributed by atoms with Gasteiger partial charge in [-0.2, -0.15) is 0 Å². The fourth-order valence-corrected chi connectivity index (χ4v) is 1.64. The number of hydrogen-bond donors (Lipinski definition) is 1. The minimum Gasteiger partial charge on any atom is -0.344 e. The van der Waals surface area contributed by atoms with Gasteiger partial charge in [0, 0.05) is 18.6 Å². The van der Waals surface area contributed by atoms with Crippen LogP contribution >= 0.6 is 24.0 Å². The van der Waals surface area contributed by atoms with Crippen molar-refractivity contribution in [3.05, 3.63) is 34.9 Å². The van der Waals surface area contributed by atoms with Gasteiger partial charge < -0.3 is 10.6 Å². The van der Waals surface area contributed by atoms with E-state index in [9.17, 15) is 4.79 Å². The fraction of sp³-hybridized carbons (Fsp3) is 0.462. The molecule has 0 saturated heterocycles. The van der Waals surface area contributed by atoms with Crippen molar-refractivity contribution in [1.82, 2.24) is 4.90 Å². The van der Waals surface area contributed by atoms with Crippen LogP contribution < -0.4 is 5.73 Å². The Morgan fingerprint density at radius 2 is 1.94 bits per heavy atom. The van der Waals surface area contributed by atoms with Crippen LogP contribution in [0.2, 0.25) is 5.02 Å². The zero-order chi connectivity index (χ0) is 12.8. The van der Waals surface area contributed by atoms with Crippen molar-refractivity contribution >= 4 is 29.9 Å². The molecular weight excluding hydrogens is 271 g/mol. The van der Waals surface area contributed by atoms with Crippen LogP contribution in [0.25, 0.3) is 0 Å². The number of carbonyl (C=O) groups is 1. The number of hydrogen-bond acceptors (Lipinski definition) is 2. The third kappa shape index (κ3) is 5.25. The molecule has 102 valence electrons. The second kappa shape index (κ2) is 8.35. The van der Waals surface area contributed by atoms with Gasteiger partial charge in [-0.3, -0.25) is 4.79 Å². The largest absolute Gasteiger partial charge is 0.344 e. The Kier molecular flexibility index (Phi) is 8.00. The molecule has 1 unspecified atom stereocenters. The number of nitrogens with zero attached hydrogens (tertiary/aromatic N) is 1. The first-order valence-corrected chi connectivity index (χ1v) is 6.17. The summed E-state index contributed by atoms with van der Waals surface area (Å²) in [5, 5.41) is 0.728. The lowest BCUT2D eigenvalue weighted by atomic mass is 10.1. The van der Waals surface area contributed by atoms with Crippen LogP contribution in [0.3, 0.4) is 0 Å². The zero-order valence-corrected chi connectivity index (χ0v) is 12.3. The van der Waals surface area contributed by atoms with Crippen molar-refractivity contribution in [1.29, 1.82) is 0 Å². The molecule has 3 nitrogen and oxygen atoms in total. The highest BCUT2D eigenvalue weighted by atomic mass is 35.5. The molecule has 0 heterocycles. The van der Waals surface area contributed by atoms with Gasteiger partial charge in [-0.15, -0.1) is 12.4 Å². The maximum absolute atomic E-state index is 11.7.